The maximum absolute atomic E-state index is 12.8. The molecule has 1 aromatic carbocycles. The number of aryl methyl sites for hydroxylation is 2. The Morgan fingerprint density at radius 1 is 1.11 bits per heavy atom. The number of nitrogens with zero attached hydrogens (tertiary/aromatic N) is 5. The van der Waals surface area contributed by atoms with Crippen LogP contribution in [0.2, 0.25) is 0 Å². The molecule has 1 fully saturated rings. The molecule has 28 heavy (non-hydrogen) atoms. The Kier molecular flexibility index (Phi) is 5.21. The first-order valence-corrected chi connectivity index (χ1v) is 10.1. The number of anilines is 3. The molecule has 1 N–H and O–H groups in total. The summed E-state index contributed by atoms with van der Waals surface area (Å²) in [6.45, 7) is 7.26. The van der Waals surface area contributed by atoms with Crippen molar-refractivity contribution in [1.29, 1.82) is 0 Å². The van der Waals surface area contributed by atoms with Gasteiger partial charge in [-0.3, -0.25) is 4.79 Å². The number of amides is 1. The zero-order valence-corrected chi connectivity index (χ0v) is 16.7. The summed E-state index contributed by atoms with van der Waals surface area (Å²) in [5, 5.41) is 5.43. The normalized spacial score (nSPS) is 14.2. The Hall–Kier alpha value is -3.00. The van der Waals surface area contributed by atoms with Gasteiger partial charge in [-0.15, -0.1) is 11.3 Å². The predicted molar refractivity (Wildman–Crippen MR) is 111 cm³/mol. The van der Waals surface area contributed by atoms with Crippen LogP contribution >= 0.6 is 11.3 Å². The largest absolute Gasteiger partial charge is 0.368 e. The molecule has 0 bridgehead atoms. The van der Waals surface area contributed by atoms with Gasteiger partial charge in [0.15, 0.2) is 5.13 Å². The minimum absolute atomic E-state index is 0.0288. The molecule has 0 spiro atoms. The Bertz CT molecular complexity index is 966. The van der Waals surface area contributed by atoms with E-state index in [1.165, 1.54) is 28.2 Å². The fourth-order valence-electron chi connectivity index (χ4n) is 3.26. The second kappa shape index (κ2) is 7.93. The van der Waals surface area contributed by atoms with Crippen LogP contribution in [0.4, 0.5) is 16.8 Å². The van der Waals surface area contributed by atoms with Gasteiger partial charge in [0.2, 0.25) is 5.95 Å². The first-order valence-electron chi connectivity index (χ1n) is 9.21. The highest BCUT2D eigenvalue weighted by Gasteiger charge is 2.24. The monoisotopic (exact) mass is 394 g/mol. The Morgan fingerprint density at radius 3 is 2.61 bits per heavy atom. The van der Waals surface area contributed by atoms with Gasteiger partial charge >= 0.3 is 0 Å². The Morgan fingerprint density at radius 2 is 1.86 bits per heavy atom. The van der Waals surface area contributed by atoms with E-state index in [9.17, 15) is 4.79 Å². The summed E-state index contributed by atoms with van der Waals surface area (Å²) in [5.41, 5.74) is 4.24. The highest BCUT2D eigenvalue weighted by atomic mass is 32.1. The van der Waals surface area contributed by atoms with E-state index in [0.717, 1.165) is 13.1 Å². The molecular formula is C20H22N6OS. The lowest BCUT2D eigenvalue weighted by Gasteiger charge is -2.36. The summed E-state index contributed by atoms with van der Waals surface area (Å²) in [6, 6.07) is 8.26. The molecular weight excluding hydrogens is 372 g/mol. The van der Waals surface area contributed by atoms with Crippen LogP contribution in [0.1, 0.15) is 21.6 Å². The van der Waals surface area contributed by atoms with Gasteiger partial charge in [0.25, 0.3) is 5.91 Å². The number of benzene rings is 1. The van der Waals surface area contributed by atoms with Crippen LogP contribution < -0.4 is 10.2 Å². The third kappa shape index (κ3) is 3.96. The van der Waals surface area contributed by atoms with Gasteiger partial charge < -0.3 is 15.1 Å². The molecule has 144 valence electrons. The third-order valence-corrected chi connectivity index (χ3v) is 5.54. The lowest BCUT2D eigenvalue weighted by atomic mass is 10.1. The van der Waals surface area contributed by atoms with E-state index in [2.05, 4.69) is 57.2 Å². The van der Waals surface area contributed by atoms with Gasteiger partial charge in [0.1, 0.15) is 5.69 Å². The van der Waals surface area contributed by atoms with Gasteiger partial charge in [0, 0.05) is 49.6 Å². The maximum Gasteiger partial charge on any atom is 0.273 e. The molecule has 8 heteroatoms. The number of aromatic nitrogens is 3. The summed E-state index contributed by atoms with van der Waals surface area (Å²) in [5.74, 6) is 0.442. The molecule has 1 aliphatic heterocycles. The van der Waals surface area contributed by atoms with Crippen LogP contribution in [-0.2, 0) is 0 Å². The topological polar surface area (TPSA) is 74.2 Å². The molecule has 2 aromatic heterocycles. The standard InChI is InChI=1S/C20H22N6OS/c1-14-4-5-15(2)17(12-14)25-8-10-26(11-9-25)18(27)16-13-28-20(23-16)24-19-21-6-3-7-22-19/h3-7,12-13H,8-11H2,1-2H3,(H,21,22,23,24). The average Bonchev–Trinajstić information content (AvgIpc) is 3.18. The van der Waals surface area contributed by atoms with Crippen LogP contribution in [0.5, 0.6) is 0 Å². The Labute approximate surface area is 168 Å². The molecule has 0 unspecified atom stereocenters. The predicted octanol–water partition coefficient (Wildman–Crippen LogP) is 3.26. The molecule has 3 heterocycles. The zero-order chi connectivity index (χ0) is 19.5. The summed E-state index contributed by atoms with van der Waals surface area (Å²) in [4.78, 5) is 29.7. The third-order valence-electron chi connectivity index (χ3n) is 4.78. The van der Waals surface area contributed by atoms with E-state index in [-0.39, 0.29) is 5.91 Å². The zero-order valence-electron chi connectivity index (χ0n) is 15.9. The molecule has 1 aliphatic rings. The lowest BCUT2D eigenvalue weighted by Crippen LogP contribution is -2.49. The number of hydrogen-bond acceptors (Lipinski definition) is 7. The summed E-state index contributed by atoms with van der Waals surface area (Å²) < 4.78 is 0. The smallest absolute Gasteiger partial charge is 0.273 e. The van der Waals surface area contributed by atoms with E-state index in [1.54, 1.807) is 23.8 Å². The van der Waals surface area contributed by atoms with Gasteiger partial charge in [-0.25, -0.2) is 15.0 Å². The van der Waals surface area contributed by atoms with Crippen LogP contribution in [-0.4, -0.2) is 51.9 Å². The van der Waals surface area contributed by atoms with Gasteiger partial charge in [-0.2, -0.15) is 0 Å². The van der Waals surface area contributed by atoms with Crippen molar-refractivity contribution < 1.29 is 4.79 Å². The van der Waals surface area contributed by atoms with Crippen LogP contribution in [0.3, 0.4) is 0 Å². The molecule has 1 amide bonds. The van der Waals surface area contributed by atoms with Crippen molar-refractivity contribution in [3.8, 4) is 0 Å². The Balaban J connectivity index is 1.38. The van der Waals surface area contributed by atoms with Crippen molar-refractivity contribution in [2.75, 3.05) is 36.4 Å². The van der Waals surface area contributed by atoms with Crippen molar-refractivity contribution in [3.63, 3.8) is 0 Å². The fraction of sp³-hybridized carbons (Fsp3) is 0.300. The van der Waals surface area contributed by atoms with Crippen molar-refractivity contribution in [1.82, 2.24) is 19.9 Å². The number of carbonyl (C=O) groups excluding carboxylic acids is 1. The lowest BCUT2D eigenvalue weighted by molar-refractivity contribution is 0.0742. The van der Waals surface area contributed by atoms with E-state index in [0.29, 0.717) is 29.9 Å². The average molecular weight is 395 g/mol. The van der Waals surface area contributed by atoms with E-state index >= 15 is 0 Å². The first kappa shape index (κ1) is 18.4. The number of carbonyl (C=O) groups is 1. The SMILES string of the molecule is Cc1ccc(C)c(N2CCN(C(=O)c3csc(Nc4ncccn4)n3)CC2)c1. The van der Waals surface area contributed by atoms with Gasteiger partial charge in [-0.1, -0.05) is 12.1 Å². The molecule has 1 saturated heterocycles. The van der Waals surface area contributed by atoms with Crippen molar-refractivity contribution in [2.45, 2.75) is 13.8 Å². The van der Waals surface area contributed by atoms with Crippen LogP contribution in [0.15, 0.2) is 42.0 Å². The fourth-order valence-corrected chi connectivity index (χ4v) is 3.94. The number of nitrogens with one attached hydrogen (secondary N) is 1. The molecule has 0 aliphatic carbocycles. The number of rotatable bonds is 4. The minimum atomic E-state index is -0.0288. The second-order valence-corrected chi connectivity index (χ2v) is 7.66. The van der Waals surface area contributed by atoms with Gasteiger partial charge in [0.05, 0.1) is 0 Å². The summed E-state index contributed by atoms with van der Waals surface area (Å²) in [6.07, 6.45) is 3.31. The summed E-state index contributed by atoms with van der Waals surface area (Å²) in [7, 11) is 0. The molecule has 4 rings (SSSR count). The molecule has 0 saturated carbocycles. The maximum atomic E-state index is 12.8. The quantitative estimate of drug-likeness (QED) is 0.732. The second-order valence-electron chi connectivity index (χ2n) is 6.80. The summed E-state index contributed by atoms with van der Waals surface area (Å²) >= 11 is 1.38. The minimum Gasteiger partial charge on any atom is -0.368 e. The van der Waals surface area contributed by atoms with E-state index in [4.69, 9.17) is 0 Å². The molecule has 7 nitrogen and oxygen atoms in total. The van der Waals surface area contributed by atoms with E-state index in [1.807, 2.05) is 4.90 Å². The number of thiazole rings is 1. The highest BCUT2D eigenvalue weighted by molar-refractivity contribution is 7.14. The van der Waals surface area contributed by atoms with Crippen LogP contribution in [0, 0.1) is 13.8 Å². The first-order chi connectivity index (χ1) is 13.6. The van der Waals surface area contributed by atoms with E-state index < -0.39 is 0 Å². The highest BCUT2D eigenvalue weighted by Crippen LogP contribution is 2.24. The number of piperazine rings is 1. The molecule has 0 radical (unpaired) electrons. The number of hydrogen-bond donors (Lipinski definition) is 1. The van der Waals surface area contributed by atoms with Crippen molar-refractivity contribution in [3.05, 3.63) is 58.9 Å². The van der Waals surface area contributed by atoms with Crippen molar-refractivity contribution in [2.24, 2.45) is 0 Å². The van der Waals surface area contributed by atoms with Gasteiger partial charge in [-0.05, 0) is 37.1 Å². The van der Waals surface area contributed by atoms with Crippen LogP contribution in [0.25, 0.3) is 0 Å². The van der Waals surface area contributed by atoms with Crippen molar-refractivity contribution >= 4 is 34.0 Å². The molecule has 3 aromatic rings. The molecule has 0 atom stereocenters.